The van der Waals surface area contributed by atoms with Crippen LogP contribution in [0.15, 0.2) is 36.4 Å². The summed E-state index contributed by atoms with van der Waals surface area (Å²) in [5.41, 5.74) is 1.67. The molecule has 2 aromatic carbocycles. The van der Waals surface area contributed by atoms with E-state index >= 15 is 0 Å². The maximum absolute atomic E-state index is 13.3. The number of benzene rings is 2. The average molecular weight is 759 g/mol. The van der Waals surface area contributed by atoms with Crippen molar-refractivity contribution in [1.29, 1.82) is 0 Å². The predicted octanol–water partition coefficient (Wildman–Crippen LogP) is 5.78. The van der Waals surface area contributed by atoms with Crippen molar-refractivity contribution < 1.29 is 17.6 Å². The Bertz CT molecular complexity index is 1730. The number of aromatic nitrogens is 4. The van der Waals surface area contributed by atoms with Crippen LogP contribution in [0.5, 0.6) is 0 Å². The lowest BCUT2D eigenvalue weighted by molar-refractivity contribution is 0.261. The maximum Gasteiger partial charge on any atom is 0.239 e. The minimum atomic E-state index is -0.787. The van der Waals surface area contributed by atoms with Crippen LogP contribution >= 0.6 is 23.1 Å². The molecule has 1 saturated carbocycles. The van der Waals surface area contributed by atoms with E-state index in [0.29, 0.717) is 0 Å². The first-order valence-electron chi connectivity index (χ1n) is 18.3. The molecule has 8 rings (SSSR count). The van der Waals surface area contributed by atoms with Gasteiger partial charge in [0.15, 0.2) is 23.3 Å². The fraction of sp³-hybridized carbons (Fsp3) is 0.556. The number of hydrogen-bond donors (Lipinski definition) is 1. The van der Waals surface area contributed by atoms with E-state index < -0.39 is 23.3 Å². The number of anilines is 4. The monoisotopic (exact) mass is 758 g/mol. The quantitative estimate of drug-likeness (QED) is 0.180. The van der Waals surface area contributed by atoms with Gasteiger partial charge in [-0.05, 0) is 79.8 Å². The van der Waals surface area contributed by atoms with E-state index in [4.69, 9.17) is 4.98 Å². The van der Waals surface area contributed by atoms with E-state index in [1.165, 1.54) is 73.0 Å². The molecule has 0 unspecified atom stereocenters. The van der Waals surface area contributed by atoms with E-state index in [1.54, 1.807) is 12.1 Å². The molecule has 2 aromatic heterocycles. The number of piperazine rings is 2. The Morgan fingerprint density at radius 3 is 1.63 bits per heavy atom. The molecule has 3 saturated heterocycles. The highest BCUT2D eigenvalue weighted by atomic mass is 32.1. The highest BCUT2D eigenvalue weighted by Crippen LogP contribution is 2.29. The first-order chi connectivity index (χ1) is 25.4. The Morgan fingerprint density at radius 2 is 1.12 bits per heavy atom. The van der Waals surface area contributed by atoms with Gasteiger partial charge in [-0.25, -0.2) is 17.6 Å². The molecule has 52 heavy (non-hydrogen) atoms. The lowest BCUT2D eigenvalue weighted by atomic mass is 10.1. The highest BCUT2D eigenvalue weighted by molar-refractivity contribution is 7.10. The average Bonchev–Trinajstić information content (AvgIpc) is 3.52. The van der Waals surface area contributed by atoms with E-state index in [0.717, 1.165) is 137 Å². The third-order valence-corrected chi connectivity index (χ3v) is 11.7. The minimum absolute atomic E-state index is 0.727. The second kappa shape index (κ2) is 17.5. The minimum Gasteiger partial charge on any atom is -0.353 e. The molecular weight excluding hydrogens is 713 g/mol. The van der Waals surface area contributed by atoms with Gasteiger partial charge in [-0.15, -0.1) is 0 Å². The lowest BCUT2D eigenvalue weighted by Crippen LogP contribution is -2.47. The zero-order valence-electron chi connectivity index (χ0n) is 29.3. The molecule has 5 heterocycles. The number of nitrogens with zero attached hydrogens (tertiary/aromatic N) is 9. The lowest BCUT2D eigenvalue weighted by Gasteiger charge is -2.34. The molecular formula is C36H46F4N10S2. The number of nitrogens with one attached hydrogen (secondary N) is 1. The summed E-state index contributed by atoms with van der Waals surface area (Å²) in [6.07, 6.45) is 6.55. The summed E-state index contributed by atoms with van der Waals surface area (Å²) < 4.78 is 61.5. The molecule has 4 aromatic rings. The first-order valence-corrected chi connectivity index (χ1v) is 19.9. The smallest absolute Gasteiger partial charge is 0.239 e. The van der Waals surface area contributed by atoms with Crippen LogP contribution in [0.3, 0.4) is 0 Å². The van der Waals surface area contributed by atoms with Gasteiger partial charge >= 0.3 is 0 Å². The van der Waals surface area contributed by atoms with Crippen molar-refractivity contribution >= 4 is 45.2 Å². The second-order valence-corrected chi connectivity index (χ2v) is 15.4. The summed E-state index contributed by atoms with van der Waals surface area (Å²) in [4.78, 5) is 20.9. The maximum atomic E-state index is 13.3. The normalized spacial score (nSPS) is 18.5. The molecule has 3 aliphatic heterocycles. The third kappa shape index (κ3) is 10.1. The molecule has 0 amide bonds. The van der Waals surface area contributed by atoms with Crippen LogP contribution in [-0.4, -0.2) is 114 Å². The summed E-state index contributed by atoms with van der Waals surface area (Å²) in [5.74, 6) is -0.675. The Kier molecular flexibility index (Phi) is 12.4. The summed E-state index contributed by atoms with van der Waals surface area (Å²) in [6.45, 7) is 12.3. The summed E-state index contributed by atoms with van der Waals surface area (Å²) in [6, 6.07) is 8.32. The van der Waals surface area contributed by atoms with Crippen LogP contribution in [0.2, 0.25) is 0 Å². The van der Waals surface area contributed by atoms with Gasteiger partial charge in [-0.3, -0.25) is 9.80 Å². The van der Waals surface area contributed by atoms with Crippen molar-refractivity contribution in [3.63, 3.8) is 0 Å². The van der Waals surface area contributed by atoms with Crippen LogP contribution in [-0.2, 0) is 12.8 Å². The molecule has 4 aliphatic rings. The van der Waals surface area contributed by atoms with Crippen LogP contribution in [0.4, 0.5) is 39.7 Å². The topological polar surface area (TPSA) is 79.8 Å². The van der Waals surface area contributed by atoms with Crippen molar-refractivity contribution in [1.82, 2.24) is 28.5 Å². The predicted molar refractivity (Wildman–Crippen MR) is 200 cm³/mol. The van der Waals surface area contributed by atoms with Gasteiger partial charge in [0.2, 0.25) is 22.2 Å². The van der Waals surface area contributed by atoms with E-state index in [-0.39, 0.29) is 0 Å². The summed E-state index contributed by atoms with van der Waals surface area (Å²) in [5, 5.41) is 5.30. The van der Waals surface area contributed by atoms with Gasteiger partial charge in [0.05, 0.1) is 0 Å². The van der Waals surface area contributed by atoms with Crippen molar-refractivity contribution in [3.05, 3.63) is 70.8 Å². The van der Waals surface area contributed by atoms with Gasteiger partial charge in [0.1, 0.15) is 0 Å². The SMILES string of the molecule is Fc1ccc(CCN2CCN(c3nc(N4CCCC4)ns3)CC2)cc1F.Fc1ccc(CCN2CCN(c3nc(NCC4CC4)ns3)CC2)cc1F. The van der Waals surface area contributed by atoms with E-state index in [1.807, 2.05) is 0 Å². The van der Waals surface area contributed by atoms with Gasteiger partial charge in [0.25, 0.3) is 0 Å². The summed E-state index contributed by atoms with van der Waals surface area (Å²) >= 11 is 2.93. The highest BCUT2D eigenvalue weighted by Gasteiger charge is 2.24. The third-order valence-electron chi connectivity index (χ3n) is 10.1. The van der Waals surface area contributed by atoms with E-state index in [9.17, 15) is 17.6 Å². The van der Waals surface area contributed by atoms with Crippen LogP contribution in [0, 0.1) is 29.2 Å². The van der Waals surface area contributed by atoms with Crippen LogP contribution < -0.4 is 20.0 Å². The van der Waals surface area contributed by atoms with Crippen molar-refractivity contribution in [2.45, 2.75) is 38.5 Å². The number of hydrogen-bond acceptors (Lipinski definition) is 12. The second-order valence-electron chi connectivity index (χ2n) is 14.0. The molecule has 0 bridgehead atoms. The van der Waals surface area contributed by atoms with Crippen LogP contribution in [0.25, 0.3) is 0 Å². The Labute approximate surface area is 310 Å². The molecule has 0 atom stereocenters. The first kappa shape index (κ1) is 36.7. The fourth-order valence-corrected chi connectivity index (χ4v) is 8.08. The van der Waals surface area contributed by atoms with Crippen molar-refractivity contribution in [2.24, 2.45) is 5.92 Å². The van der Waals surface area contributed by atoms with Crippen molar-refractivity contribution in [3.8, 4) is 0 Å². The Balaban J connectivity index is 0.000000162. The summed E-state index contributed by atoms with van der Waals surface area (Å²) in [7, 11) is 0. The zero-order chi connectivity index (χ0) is 35.9. The molecule has 0 spiro atoms. The largest absolute Gasteiger partial charge is 0.353 e. The van der Waals surface area contributed by atoms with Gasteiger partial charge in [-0.2, -0.15) is 18.7 Å². The molecule has 10 nitrogen and oxygen atoms in total. The fourth-order valence-electron chi connectivity index (χ4n) is 6.65. The van der Waals surface area contributed by atoms with Gasteiger partial charge in [-0.1, -0.05) is 12.1 Å². The number of rotatable bonds is 12. The van der Waals surface area contributed by atoms with Crippen LogP contribution in [0.1, 0.15) is 36.8 Å². The standard InChI is InChI=1S/2C18H23F2N5S/c19-15-4-3-13(11-16(15)20)5-6-24-7-9-25(10-8-24)18-22-17(23-26-18)21-12-14-1-2-14;19-15-4-3-14(13-16(15)20)5-8-23-9-11-25(12-10-23)18-21-17(22-26-18)24-6-1-2-7-24/h3-4,11,14H,1-2,5-10,12H2,(H,21,23);3-4,13H,1-2,5-12H2. The van der Waals surface area contributed by atoms with Gasteiger partial charge < -0.3 is 20.0 Å². The van der Waals surface area contributed by atoms with Gasteiger partial charge in [0, 0.05) is 108 Å². The molecule has 1 N–H and O–H groups in total. The molecule has 280 valence electrons. The van der Waals surface area contributed by atoms with E-state index in [2.05, 4.69) is 43.5 Å². The molecule has 0 radical (unpaired) electrons. The molecule has 16 heteroatoms. The van der Waals surface area contributed by atoms with Crippen molar-refractivity contribution in [2.75, 3.05) is 105 Å². The Morgan fingerprint density at radius 1 is 0.596 bits per heavy atom. The molecule has 1 aliphatic carbocycles. The zero-order valence-corrected chi connectivity index (χ0v) is 31.0. The Hall–Kier alpha value is -3.60. The molecule has 4 fully saturated rings. The number of halogens is 4.